The fourth-order valence-electron chi connectivity index (χ4n) is 2.78. The lowest BCUT2D eigenvalue weighted by atomic mass is 10.1. The number of H-pyrrole nitrogens is 1. The normalized spacial score (nSPS) is 10.6. The molecule has 0 radical (unpaired) electrons. The van der Waals surface area contributed by atoms with Gasteiger partial charge in [0.15, 0.2) is 0 Å². The van der Waals surface area contributed by atoms with E-state index in [-0.39, 0.29) is 5.91 Å². The summed E-state index contributed by atoms with van der Waals surface area (Å²) in [7, 11) is 0. The van der Waals surface area contributed by atoms with E-state index in [9.17, 15) is 9.59 Å². The molecule has 0 spiro atoms. The van der Waals surface area contributed by atoms with Gasteiger partial charge in [-0.1, -0.05) is 18.2 Å². The number of ether oxygens (including phenoxy) is 1. The van der Waals surface area contributed by atoms with Crippen molar-refractivity contribution in [2.75, 3.05) is 11.9 Å². The number of esters is 1. The van der Waals surface area contributed by atoms with Gasteiger partial charge in [-0.25, -0.2) is 4.79 Å². The van der Waals surface area contributed by atoms with E-state index < -0.39 is 5.97 Å². The van der Waals surface area contributed by atoms with Crippen LogP contribution in [0, 0.1) is 0 Å². The summed E-state index contributed by atoms with van der Waals surface area (Å²) in [5.74, 6) is -0.480. The Kier molecular flexibility index (Phi) is 5.14. The van der Waals surface area contributed by atoms with Crippen molar-refractivity contribution < 1.29 is 14.3 Å². The summed E-state index contributed by atoms with van der Waals surface area (Å²) in [4.78, 5) is 27.2. The maximum atomic E-state index is 12.2. The summed E-state index contributed by atoms with van der Waals surface area (Å²) in [6.07, 6.45) is 2.92. The molecule has 0 aliphatic carbocycles. The zero-order valence-electron chi connectivity index (χ0n) is 14.0. The van der Waals surface area contributed by atoms with Crippen molar-refractivity contribution in [1.82, 2.24) is 4.98 Å². The molecular formula is C20H20N2O3. The molecule has 2 N–H and O–H groups in total. The molecular weight excluding hydrogens is 316 g/mol. The molecule has 0 aliphatic heterocycles. The molecule has 0 bridgehead atoms. The molecule has 5 heteroatoms. The average molecular weight is 336 g/mol. The van der Waals surface area contributed by atoms with Crippen molar-refractivity contribution in [3.8, 4) is 0 Å². The highest BCUT2D eigenvalue weighted by Gasteiger charge is 2.09. The van der Waals surface area contributed by atoms with Gasteiger partial charge in [-0.3, -0.25) is 4.79 Å². The Labute approximate surface area is 146 Å². The summed E-state index contributed by atoms with van der Waals surface area (Å²) in [5, 5.41) is 3.98. The average Bonchev–Trinajstić information content (AvgIpc) is 3.09. The Hall–Kier alpha value is -3.08. The van der Waals surface area contributed by atoms with Crippen molar-refractivity contribution in [2.24, 2.45) is 0 Å². The number of hydrogen-bond donors (Lipinski definition) is 2. The van der Waals surface area contributed by atoms with E-state index in [0.717, 1.165) is 16.5 Å². The highest BCUT2D eigenvalue weighted by Crippen LogP contribution is 2.19. The van der Waals surface area contributed by atoms with Gasteiger partial charge in [-0.2, -0.15) is 0 Å². The van der Waals surface area contributed by atoms with Crippen LogP contribution in [0.3, 0.4) is 0 Å². The number of carbonyl (C=O) groups is 2. The fraction of sp³-hybridized carbons (Fsp3) is 0.200. The molecule has 0 saturated carbocycles. The van der Waals surface area contributed by atoms with Gasteiger partial charge in [0.1, 0.15) is 0 Å². The number of anilines is 1. The molecule has 1 amide bonds. The number of aromatic amines is 1. The smallest absolute Gasteiger partial charge is 0.338 e. The Bertz CT molecular complexity index is 899. The van der Waals surface area contributed by atoms with E-state index >= 15 is 0 Å². The van der Waals surface area contributed by atoms with Gasteiger partial charge in [-0.15, -0.1) is 0 Å². The second-order valence-electron chi connectivity index (χ2n) is 5.71. The third kappa shape index (κ3) is 4.07. The first-order chi connectivity index (χ1) is 12.2. The standard InChI is InChI=1S/C20H20N2O3/c1-2-25-20(24)15-6-3-7-16(13-15)22-19(23)10-9-14-5-4-8-18-17(14)11-12-21-18/h3-8,11-13,21H,2,9-10H2,1H3,(H,22,23). The van der Waals surface area contributed by atoms with Gasteiger partial charge >= 0.3 is 5.97 Å². The van der Waals surface area contributed by atoms with Crippen LogP contribution in [0.2, 0.25) is 0 Å². The summed E-state index contributed by atoms with van der Waals surface area (Å²) in [5.41, 5.74) is 3.22. The molecule has 0 unspecified atom stereocenters. The van der Waals surface area contributed by atoms with Crippen LogP contribution in [-0.4, -0.2) is 23.5 Å². The Morgan fingerprint density at radius 3 is 2.80 bits per heavy atom. The summed E-state index contributed by atoms with van der Waals surface area (Å²) in [6.45, 7) is 2.08. The molecule has 128 valence electrons. The number of fused-ring (bicyclic) bond motifs is 1. The van der Waals surface area contributed by atoms with E-state index in [1.54, 1.807) is 31.2 Å². The minimum Gasteiger partial charge on any atom is -0.462 e. The number of rotatable bonds is 6. The molecule has 3 rings (SSSR count). The van der Waals surface area contributed by atoms with Crippen LogP contribution in [0.4, 0.5) is 5.69 Å². The number of nitrogens with one attached hydrogen (secondary N) is 2. The van der Waals surface area contributed by atoms with Crippen LogP contribution in [0.1, 0.15) is 29.3 Å². The molecule has 0 aliphatic rings. The van der Waals surface area contributed by atoms with Gasteiger partial charge in [0, 0.05) is 29.2 Å². The topological polar surface area (TPSA) is 71.2 Å². The maximum Gasteiger partial charge on any atom is 0.338 e. The molecule has 0 atom stereocenters. The third-order valence-electron chi connectivity index (χ3n) is 3.96. The molecule has 0 saturated heterocycles. The van der Waals surface area contributed by atoms with Crippen molar-refractivity contribution in [2.45, 2.75) is 19.8 Å². The van der Waals surface area contributed by atoms with E-state index in [1.165, 1.54) is 0 Å². The van der Waals surface area contributed by atoms with E-state index in [1.807, 2.05) is 30.5 Å². The molecule has 1 aromatic heterocycles. The SMILES string of the molecule is CCOC(=O)c1cccc(NC(=O)CCc2cccc3[nH]ccc23)c1. The van der Waals surface area contributed by atoms with Crippen LogP contribution in [0.25, 0.3) is 10.9 Å². The van der Waals surface area contributed by atoms with Crippen LogP contribution in [0.15, 0.2) is 54.7 Å². The van der Waals surface area contributed by atoms with Gasteiger partial charge in [0.05, 0.1) is 12.2 Å². The fourth-order valence-corrected chi connectivity index (χ4v) is 2.78. The number of benzene rings is 2. The van der Waals surface area contributed by atoms with Gasteiger partial charge in [0.25, 0.3) is 0 Å². The molecule has 2 aromatic carbocycles. The lowest BCUT2D eigenvalue weighted by molar-refractivity contribution is -0.116. The van der Waals surface area contributed by atoms with Gasteiger partial charge in [-0.05, 0) is 49.2 Å². The first kappa shape index (κ1) is 16.8. The molecule has 25 heavy (non-hydrogen) atoms. The highest BCUT2D eigenvalue weighted by molar-refractivity contribution is 5.95. The quantitative estimate of drug-likeness (QED) is 0.670. The predicted molar refractivity (Wildman–Crippen MR) is 97.6 cm³/mol. The number of hydrogen-bond acceptors (Lipinski definition) is 3. The van der Waals surface area contributed by atoms with Crippen molar-refractivity contribution >= 4 is 28.5 Å². The predicted octanol–water partition coefficient (Wildman–Crippen LogP) is 3.92. The largest absolute Gasteiger partial charge is 0.462 e. The first-order valence-corrected chi connectivity index (χ1v) is 8.29. The van der Waals surface area contributed by atoms with Crippen LogP contribution < -0.4 is 5.32 Å². The summed E-state index contributed by atoms with van der Waals surface area (Å²) in [6, 6.07) is 14.8. The maximum absolute atomic E-state index is 12.2. The zero-order valence-corrected chi connectivity index (χ0v) is 14.0. The zero-order chi connectivity index (χ0) is 17.6. The number of amides is 1. The first-order valence-electron chi connectivity index (χ1n) is 8.29. The van der Waals surface area contributed by atoms with Crippen molar-refractivity contribution in [3.05, 3.63) is 65.9 Å². The van der Waals surface area contributed by atoms with E-state index in [0.29, 0.717) is 30.7 Å². The molecule has 5 nitrogen and oxygen atoms in total. The lowest BCUT2D eigenvalue weighted by Gasteiger charge is -2.08. The van der Waals surface area contributed by atoms with E-state index in [4.69, 9.17) is 4.74 Å². The minimum atomic E-state index is -0.391. The van der Waals surface area contributed by atoms with Crippen LogP contribution in [-0.2, 0) is 16.0 Å². The number of aromatic nitrogens is 1. The minimum absolute atomic E-state index is 0.0893. The van der Waals surface area contributed by atoms with Crippen LogP contribution in [0.5, 0.6) is 0 Å². The molecule has 3 aromatic rings. The van der Waals surface area contributed by atoms with Crippen molar-refractivity contribution in [1.29, 1.82) is 0 Å². The summed E-state index contributed by atoms with van der Waals surface area (Å²) >= 11 is 0. The van der Waals surface area contributed by atoms with Gasteiger partial charge in [0.2, 0.25) is 5.91 Å². The summed E-state index contributed by atoms with van der Waals surface area (Å²) < 4.78 is 4.97. The van der Waals surface area contributed by atoms with Crippen molar-refractivity contribution in [3.63, 3.8) is 0 Å². The lowest BCUT2D eigenvalue weighted by Crippen LogP contribution is -2.13. The Balaban J connectivity index is 1.62. The molecule has 1 heterocycles. The monoisotopic (exact) mass is 336 g/mol. The third-order valence-corrected chi connectivity index (χ3v) is 3.96. The Morgan fingerprint density at radius 1 is 1.12 bits per heavy atom. The second-order valence-corrected chi connectivity index (χ2v) is 5.71. The van der Waals surface area contributed by atoms with Crippen LogP contribution >= 0.6 is 0 Å². The number of aryl methyl sites for hydroxylation is 1. The highest BCUT2D eigenvalue weighted by atomic mass is 16.5. The van der Waals surface area contributed by atoms with Gasteiger partial charge < -0.3 is 15.0 Å². The second kappa shape index (κ2) is 7.66. The number of carbonyl (C=O) groups excluding carboxylic acids is 2. The van der Waals surface area contributed by atoms with E-state index in [2.05, 4.69) is 10.3 Å². The Morgan fingerprint density at radius 2 is 1.96 bits per heavy atom. The molecule has 0 fully saturated rings.